The van der Waals surface area contributed by atoms with Crippen LogP contribution in [0.2, 0.25) is 5.02 Å². The Morgan fingerprint density at radius 3 is 2.62 bits per heavy atom. The maximum atomic E-state index is 12.8. The molecule has 32 heavy (non-hydrogen) atoms. The van der Waals surface area contributed by atoms with Crippen LogP contribution in [0, 0.1) is 0 Å². The van der Waals surface area contributed by atoms with Gasteiger partial charge in [-0.05, 0) is 36.0 Å². The van der Waals surface area contributed by atoms with E-state index in [0.717, 1.165) is 4.68 Å². The van der Waals surface area contributed by atoms with Crippen molar-refractivity contribution in [3.8, 4) is 0 Å². The molecule has 0 saturated carbocycles. The molecular formula is C20H16ClN7O3S. The molecule has 10 nitrogen and oxygen atoms in total. The minimum Gasteiger partial charge on any atom is -0.364 e. The average Bonchev–Trinajstić information content (AvgIpc) is 3.16. The molecule has 0 bridgehead atoms. The van der Waals surface area contributed by atoms with Crippen LogP contribution in [0.25, 0.3) is 10.8 Å². The van der Waals surface area contributed by atoms with E-state index in [-0.39, 0.29) is 11.1 Å². The van der Waals surface area contributed by atoms with Gasteiger partial charge in [0.2, 0.25) is 5.91 Å². The summed E-state index contributed by atoms with van der Waals surface area (Å²) >= 11 is 7.39. The third-order valence-corrected chi connectivity index (χ3v) is 5.84. The summed E-state index contributed by atoms with van der Waals surface area (Å²) in [4.78, 5) is 38.1. The van der Waals surface area contributed by atoms with Crippen molar-refractivity contribution in [3.05, 3.63) is 69.9 Å². The van der Waals surface area contributed by atoms with Crippen LogP contribution in [0.15, 0.2) is 63.6 Å². The van der Waals surface area contributed by atoms with Gasteiger partial charge in [0.15, 0.2) is 10.9 Å². The second-order valence-corrected chi connectivity index (χ2v) is 8.18. The number of benzene rings is 2. The number of nitrogens with zero attached hydrogens (tertiary/aromatic N) is 5. The van der Waals surface area contributed by atoms with Crippen molar-refractivity contribution in [2.24, 2.45) is 12.8 Å². The van der Waals surface area contributed by atoms with E-state index in [1.807, 2.05) is 0 Å². The first kappa shape index (κ1) is 21.5. The molecule has 4 aromatic rings. The monoisotopic (exact) mass is 469 g/mol. The van der Waals surface area contributed by atoms with Crippen molar-refractivity contribution in [2.75, 3.05) is 5.32 Å². The van der Waals surface area contributed by atoms with Crippen LogP contribution in [-0.2, 0) is 18.4 Å². The zero-order valence-corrected chi connectivity index (χ0v) is 18.2. The number of aromatic nitrogens is 5. The number of rotatable bonds is 6. The highest BCUT2D eigenvalue weighted by Crippen LogP contribution is 2.34. The lowest BCUT2D eigenvalue weighted by atomic mass is 10.1. The lowest BCUT2D eigenvalue weighted by Gasteiger charge is -2.12. The van der Waals surface area contributed by atoms with E-state index < -0.39 is 23.9 Å². The van der Waals surface area contributed by atoms with Gasteiger partial charge >= 0.3 is 0 Å². The molecule has 0 saturated heterocycles. The van der Waals surface area contributed by atoms with Gasteiger partial charge in [-0.1, -0.05) is 29.8 Å². The van der Waals surface area contributed by atoms with Gasteiger partial charge in [0.25, 0.3) is 11.5 Å². The van der Waals surface area contributed by atoms with Gasteiger partial charge in [0.05, 0.1) is 11.1 Å². The van der Waals surface area contributed by atoms with Gasteiger partial charge in [-0.15, -0.1) is 10.2 Å². The first-order valence-electron chi connectivity index (χ1n) is 9.24. The smallest absolute Gasteiger partial charge is 0.275 e. The van der Waals surface area contributed by atoms with Crippen LogP contribution in [0.4, 0.5) is 5.69 Å². The molecule has 0 aliphatic rings. The normalized spacial score (nSPS) is 10.9. The number of hydrogen-bond acceptors (Lipinski definition) is 7. The van der Waals surface area contributed by atoms with Crippen LogP contribution in [0.1, 0.15) is 10.5 Å². The topological polar surface area (TPSA) is 138 Å². The van der Waals surface area contributed by atoms with Crippen molar-refractivity contribution >= 4 is 51.6 Å². The second kappa shape index (κ2) is 8.81. The maximum Gasteiger partial charge on any atom is 0.275 e. The average molecular weight is 470 g/mol. The summed E-state index contributed by atoms with van der Waals surface area (Å²) < 4.78 is 2.65. The van der Waals surface area contributed by atoms with E-state index in [1.54, 1.807) is 60.4 Å². The van der Waals surface area contributed by atoms with Crippen molar-refractivity contribution in [1.29, 1.82) is 0 Å². The first-order chi connectivity index (χ1) is 15.3. The van der Waals surface area contributed by atoms with Gasteiger partial charge in [-0.2, -0.15) is 5.10 Å². The highest BCUT2D eigenvalue weighted by atomic mass is 35.5. The number of carbonyl (C=O) groups excluding carboxylic acids is 2. The molecule has 2 aromatic carbocycles. The van der Waals surface area contributed by atoms with Crippen molar-refractivity contribution < 1.29 is 9.59 Å². The number of amides is 2. The Morgan fingerprint density at radius 1 is 1.19 bits per heavy atom. The number of primary amides is 1. The summed E-state index contributed by atoms with van der Waals surface area (Å²) in [6.45, 7) is -0.426. The molecule has 0 aliphatic carbocycles. The largest absolute Gasteiger partial charge is 0.364 e. The molecule has 0 fully saturated rings. The maximum absolute atomic E-state index is 12.8. The molecule has 2 amide bonds. The number of nitrogens with two attached hydrogens (primary N) is 1. The third-order valence-electron chi connectivity index (χ3n) is 4.48. The summed E-state index contributed by atoms with van der Waals surface area (Å²) in [5.74, 6) is -1.33. The standard InChI is InChI=1S/C20H16ClN7O3S/c1-27-10-23-25-20(27)32-15-7-6-11(21)8-14(15)24-16(29)9-28-19(31)13-5-3-2-4-12(13)17(26-28)18(22)30/h2-8,10H,9H2,1H3,(H2,22,30)(H,24,29). The van der Waals surface area contributed by atoms with Crippen LogP contribution in [-0.4, -0.2) is 36.4 Å². The highest BCUT2D eigenvalue weighted by Gasteiger charge is 2.17. The van der Waals surface area contributed by atoms with Gasteiger partial charge in [-0.25, -0.2) is 4.68 Å². The van der Waals surface area contributed by atoms with Crippen molar-refractivity contribution in [2.45, 2.75) is 16.6 Å². The SMILES string of the molecule is Cn1cnnc1Sc1ccc(Cl)cc1NC(=O)Cn1nc(C(N)=O)c2ccccc2c1=O. The number of nitrogens with one attached hydrogen (secondary N) is 1. The number of aryl methyl sites for hydroxylation is 1. The van der Waals surface area contributed by atoms with E-state index >= 15 is 0 Å². The summed E-state index contributed by atoms with van der Waals surface area (Å²) in [5.41, 5.74) is 5.25. The summed E-state index contributed by atoms with van der Waals surface area (Å²) in [6.07, 6.45) is 1.56. The van der Waals surface area contributed by atoms with Crippen molar-refractivity contribution in [3.63, 3.8) is 0 Å². The number of carbonyl (C=O) groups is 2. The zero-order valence-electron chi connectivity index (χ0n) is 16.7. The number of hydrogen-bond donors (Lipinski definition) is 2. The van der Waals surface area contributed by atoms with Gasteiger partial charge in [-0.3, -0.25) is 14.4 Å². The molecule has 2 heterocycles. The highest BCUT2D eigenvalue weighted by molar-refractivity contribution is 7.99. The van der Waals surface area contributed by atoms with E-state index in [9.17, 15) is 14.4 Å². The first-order valence-corrected chi connectivity index (χ1v) is 10.4. The quantitative estimate of drug-likeness (QED) is 0.440. The lowest BCUT2D eigenvalue weighted by molar-refractivity contribution is -0.117. The Bertz CT molecular complexity index is 1420. The second-order valence-electron chi connectivity index (χ2n) is 6.74. The molecule has 0 atom stereocenters. The predicted molar refractivity (Wildman–Crippen MR) is 120 cm³/mol. The van der Waals surface area contributed by atoms with Crippen LogP contribution in [0.3, 0.4) is 0 Å². The lowest BCUT2D eigenvalue weighted by Crippen LogP contribution is -2.32. The Kier molecular flexibility index (Phi) is 5.93. The van der Waals surface area contributed by atoms with Gasteiger partial charge in [0, 0.05) is 22.4 Å². The van der Waals surface area contributed by atoms with Crippen molar-refractivity contribution in [1.82, 2.24) is 24.5 Å². The molecule has 3 N–H and O–H groups in total. The fourth-order valence-corrected chi connectivity index (χ4v) is 4.01. The van der Waals surface area contributed by atoms with E-state index in [4.69, 9.17) is 17.3 Å². The molecule has 162 valence electrons. The molecular weight excluding hydrogens is 454 g/mol. The van der Waals surface area contributed by atoms with Crippen LogP contribution < -0.4 is 16.6 Å². The summed E-state index contributed by atoms with van der Waals surface area (Å²) in [6, 6.07) is 11.5. The molecule has 0 unspecified atom stereocenters. The fourth-order valence-electron chi connectivity index (χ4n) is 3.00. The number of halogens is 1. The Morgan fingerprint density at radius 2 is 1.94 bits per heavy atom. The van der Waals surface area contributed by atoms with Crippen LogP contribution in [0.5, 0.6) is 0 Å². The van der Waals surface area contributed by atoms with E-state index in [0.29, 0.717) is 26.1 Å². The third kappa shape index (κ3) is 4.34. The molecule has 0 spiro atoms. The molecule has 2 aromatic heterocycles. The molecule has 4 rings (SSSR count). The Labute approximate surface area is 190 Å². The van der Waals surface area contributed by atoms with Crippen LogP contribution >= 0.6 is 23.4 Å². The predicted octanol–water partition coefficient (Wildman–Crippen LogP) is 2.07. The molecule has 0 radical (unpaired) electrons. The Hall–Kier alpha value is -3.70. The molecule has 12 heteroatoms. The number of anilines is 1. The van der Waals surface area contributed by atoms with Gasteiger partial charge in [0.1, 0.15) is 12.9 Å². The number of fused-ring (bicyclic) bond motifs is 1. The summed E-state index contributed by atoms with van der Waals surface area (Å²) in [5, 5.41) is 16.2. The van der Waals surface area contributed by atoms with E-state index in [1.165, 1.54) is 11.8 Å². The zero-order chi connectivity index (χ0) is 22.8. The minimum atomic E-state index is -0.799. The molecule has 0 aliphatic heterocycles. The minimum absolute atomic E-state index is 0.0886. The fraction of sp³-hybridized carbons (Fsp3) is 0.100. The Balaban J connectivity index is 1.64. The van der Waals surface area contributed by atoms with E-state index in [2.05, 4.69) is 20.6 Å². The summed E-state index contributed by atoms with van der Waals surface area (Å²) in [7, 11) is 1.80. The van der Waals surface area contributed by atoms with Gasteiger partial charge < -0.3 is 15.6 Å².